The Balaban J connectivity index is 3.49. The number of thioether (sulfide) groups is 1. The summed E-state index contributed by atoms with van der Waals surface area (Å²) in [6.07, 6.45) is 4.14. The molecule has 104 valence electrons. The van der Waals surface area contributed by atoms with E-state index in [1.165, 1.54) is 0 Å². The summed E-state index contributed by atoms with van der Waals surface area (Å²) in [6, 6.07) is -0.514. The number of hydrogen-bond donors (Lipinski definition) is 3. The third-order valence-corrected chi connectivity index (χ3v) is 2.81. The Labute approximate surface area is 111 Å². The summed E-state index contributed by atoms with van der Waals surface area (Å²) < 4.78 is 0. The van der Waals surface area contributed by atoms with Crippen LogP contribution in [0.5, 0.6) is 0 Å². The van der Waals surface area contributed by atoms with Gasteiger partial charge in [0.15, 0.2) is 0 Å². The molecule has 0 rings (SSSR count). The number of carboxylic acids is 1. The van der Waals surface area contributed by atoms with E-state index in [-0.39, 0.29) is 19.3 Å². The average molecular weight is 276 g/mol. The zero-order valence-corrected chi connectivity index (χ0v) is 11.3. The van der Waals surface area contributed by atoms with E-state index in [1.807, 2.05) is 6.26 Å². The summed E-state index contributed by atoms with van der Waals surface area (Å²) in [7, 11) is 0. The monoisotopic (exact) mass is 276 g/mol. The van der Waals surface area contributed by atoms with Crippen molar-refractivity contribution in [2.45, 2.75) is 32.1 Å². The van der Waals surface area contributed by atoms with E-state index in [2.05, 4.69) is 10.6 Å². The molecular weight excluding hydrogens is 256 g/mol. The molecule has 0 atom stereocenters. The topological polar surface area (TPSA) is 95.5 Å². The van der Waals surface area contributed by atoms with E-state index in [1.54, 1.807) is 11.8 Å². The molecule has 3 amide bonds. The van der Waals surface area contributed by atoms with Gasteiger partial charge in [-0.1, -0.05) is 0 Å². The van der Waals surface area contributed by atoms with Crippen LogP contribution < -0.4 is 10.6 Å². The number of carbonyl (C=O) groups excluding carboxylic acids is 2. The van der Waals surface area contributed by atoms with Crippen LogP contribution in [0.4, 0.5) is 4.79 Å². The first-order valence-corrected chi connectivity index (χ1v) is 7.24. The van der Waals surface area contributed by atoms with E-state index >= 15 is 0 Å². The van der Waals surface area contributed by atoms with Gasteiger partial charge in [-0.05, 0) is 31.3 Å². The van der Waals surface area contributed by atoms with Gasteiger partial charge in [-0.3, -0.25) is 14.9 Å². The SMILES string of the molecule is CSCCCCNC(=O)NC(=O)CCCC(=O)O. The molecule has 0 unspecified atom stereocenters. The molecule has 0 aliphatic rings. The zero-order chi connectivity index (χ0) is 13.8. The highest BCUT2D eigenvalue weighted by molar-refractivity contribution is 7.98. The number of imide groups is 1. The van der Waals surface area contributed by atoms with Gasteiger partial charge in [-0.15, -0.1) is 0 Å². The normalized spacial score (nSPS) is 9.83. The highest BCUT2D eigenvalue weighted by Crippen LogP contribution is 1.98. The molecule has 0 saturated carbocycles. The standard InChI is InChI=1S/C11H20N2O4S/c1-18-8-3-2-7-12-11(17)13-9(14)5-4-6-10(15)16/h2-8H2,1H3,(H,15,16)(H2,12,13,14,17). The summed E-state index contributed by atoms with van der Waals surface area (Å²) >= 11 is 1.75. The van der Waals surface area contributed by atoms with E-state index in [9.17, 15) is 14.4 Å². The minimum Gasteiger partial charge on any atom is -0.481 e. The van der Waals surface area contributed by atoms with Crippen molar-refractivity contribution in [3.63, 3.8) is 0 Å². The van der Waals surface area contributed by atoms with E-state index < -0.39 is 17.9 Å². The number of nitrogens with one attached hydrogen (secondary N) is 2. The predicted octanol–water partition coefficient (Wildman–Crippen LogP) is 1.21. The predicted molar refractivity (Wildman–Crippen MR) is 70.6 cm³/mol. The molecular formula is C11H20N2O4S. The van der Waals surface area contributed by atoms with Crippen LogP contribution in [0.15, 0.2) is 0 Å². The van der Waals surface area contributed by atoms with Gasteiger partial charge in [0.2, 0.25) is 5.91 Å². The molecule has 7 heteroatoms. The lowest BCUT2D eigenvalue weighted by Gasteiger charge is -2.06. The second-order valence-electron chi connectivity index (χ2n) is 3.75. The van der Waals surface area contributed by atoms with Crippen LogP contribution in [-0.4, -0.2) is 41.6 Å². The fourth-order valence-electron chi connectivity index (χ4n) is 1.21. The minimum atomic E-state index is -0.943. The molecule has 6 nitrogen and oxygen atoms in total. The molecule has 0 spiro atoms. The molecule has 0 radical (unpaired) electrons. The lowest BCUT2D eigenvalue weighted by molar-refractivity contribution is -0.137. The molecule has 0 aromatic rings. The molecule has 0 aliphatic heterocycles. The number of aliphatic carboxylic acids is 1. The average Bonchev–Trinajstić information content (AvgIpc) is 2.28. The van der Waals surface area contributed by atoms with Gasteiger partial charge in [0.05, 0.1) is 0 Å². The molecule has 0 aliphatic carbocycles. The fraction of sp³-hybridized carbons (Fsp3) is 0.727. The summed E-state index contributed by atoms with van der Waals surface area (Å²) in [5.74, 6) is -0.337. The van der Waals surface area contributed by atoms with E-state index in [4.69, 9.17) is 5.11 Å². The Hall–Kier alpha value is -1.24. The number of amides is 3. The summed E-state index contributed by atoms with van der Waals surface area (Å²) in [5.41, 5.74) is 0. The number of hydrogen-bond acceptors (Lipinski definition) is 4. The van der Waals surface area contributed by atoms with Gasteiger partial charge in [0, 0.05) is 19.4 Å². The quantitative estimate of drug-likeness (QED) is 0.550. The van der Waals surface area contributed by atoms with Crippen molar-refractivity contribution in [1.29, 1.82) is 0 Å². The maximum absolute atomic E-state index is 11.2. The molecule has 0 fully saturated rings. The molecule has 18 heavy (non-hydrogen) atoms. The smallest absolute Gasteiger partial charge is 0.321 e. The van der Waals surface area contributed by atoms with Crippen LogP contribution >= 0.6 is 11.8 Å². The Bertz CT molecular complexity index is 284. The first kappa shape index (κ1) is 16.8. The molecule has 0 saturated heterocycles. The van der Waals surface area contributed by atoms with Gasteiger partial charge in [-0.2, -0.15) is 11.8 Å². The Kier molecular flexibility index (Phi) is 10.1. The van der Waals surface area contributed by atoms with Crippen LogP contribution in [0.1, 0.15) is 32.1 Å². The first-order chi connectivity index (χ1) is 8.56. The molecule has 0 aromatic carbocycles. The van der Waals surface area contributed by atoms with E-state index in [0.717, 1.165) is 18.6 Å². The fourth-order valence-corrected chi connectivity index (χ4v) is 1.70. The Morgan fingerprint density at radius 3 is 2.44 bits per heavy atom. The van der Waals surface area contributed by atoms with Crippen molar-refractivity contribution in [2.75, 3.05) is 18.6 Å². The third kappa shape index (κ3) is 11.3. The highest BCUT2D eigenvalue weighted by atomic mass is 32.2. The molecule has 0 aromatic heterocycles. The van der Waals surface area contributed by atoms with Crippen LogP contribution in [0.25, 0.3) is 0 Å². The number of carboxylic acid groups (broad SMARTS) is 1. The molecule has 0 heterocycles. The minimum absolute atomic E-state index is 0.0478. The van der Waals surface area contributed by atoms with E-state index in [0.29, 0.717) is 6.54 Å². The Morgan fingerprint density at radius 2 is 1.83 bits per heavy atom. The second-order valence-corrected chi connectivity index (χ2v) is 4.74. The summed E-state index contributed by atoms with van der Waals surface area (Å²) in [4.78, 5) is 32.6. The maximum Gasteiger partial charge on any atom is 0.321 e. The van der Waals surface area contributed by atoms with Crippen molar-refractivity contribution < 1.29 is 19.5 Å². The molecule has 3 N–H and O–H groups in total. The Morgan fingerprint density at radius 1 is 1.11 bits per heavy atom. The van der Waals surface area contributed by atoms with Crippen LogP contribution in [0.2, 0.25) is 0 Å². The lowest BCUT2D eigenvalue weighted by Crippen LogP contribution is -2.39. The van der Waals surface area contributed by atoms with Crippen LogP contribution in [0.3, 0.4) is 0 Å². The first-order valence-electron chi connectivity index (χ1n) is 5.84. The van der Waals surface area contributed by atoms with Crippen LogP contribution in [0, 0.1) is 0 Å². The van der Waals surface area contributed by atoms with Crippen LogP contribution in [-0.2, 0) is 9.59 Å². The highest BCUT2D eigenvalue weighted by Gasteiger charge is 2.07. The van der Waals surface area contributed by atoms with Gasteiger partial charge < -0.3 is 10.4 Å². The number of carbonyl (C=O) groups is 3. The number of urea groups is 1. The van der Waals surface area contributed by atoms with Crippen molar-refractivity contribution in [2.24, 2.45) is 0 Å². The van der Waals surface area contributed by atoms with Gasteiger partial charge >= 0.3 is 12.0 Å². The largest absolute Gasteiger partial charge is 0.481 e. The van der Waals surface area contributed by atoms with Crippen molar-refractivity contribution in [3.05, 3.63) is 0 Å². The second kappa shape index (κ2) is 10.9. The van der Waals surface area contributed by atoms with Crippen molar-refractivity contribution >= 4 is 29.7 Å². The maximum atomic E-state index is 11.2. The van der Waals surface area contributed by atoms with Crippen molar-refractivity contribution in [1.82, 2.24) is 10.6 Å². The van der Waals surface area contributed by atoms with Crippen molar-refractivity contribution in [3.8, 4) is 0 Å². The van der Waals surface area contributed by atoms with Gasteiger partial charge in [0.1, 0.15) is 0 Å². The summed E-state index contributed by atoms with van der Waals surface area (Å²) in [6.45, 7) is 0.537. The molecule has 0 bridgehead atoms. The van der Waals surface area contributed by atoms with Gasteiger partial charge in [-0.25, -0.2) is 4.79 Å². The lowest BCUT2D eigenvalue weighted by atomic mass is 10.2. The number of rotatable bonds is 9. The number of unbranched alkanes of at least 4 members (excludes halogenated alkanes) is 1. The summed E-state index contributed by atoms with van der Waals surface area (Å²) in [5, 5.41) is 13.1. The zero-order valence-electron chi connectivity index (χ0n) is 10.5. The van der Waals surface area contributed by atoms with Gasteiger partial charge in [0.25, 0.3) is 0 Å². The third-order valence-electron chi connectivity index (χ3n) is 2.11.